The van der Waals surface area contributed by atoms with Gasteiger partial charge in [-0.2, -0.15) is 0 Å². The van der Waals surface area contributed by atoms with Gasteiger partial charge in [0.25, 0.3) is 0 Å². The van der Waals surface area contributed by atoms with Crippen molar-refractivity contribution in [2.45, 2.75) is 5.66 Å². The van der Waals surface area contributed by atoms with Crippen molar-refractivity contribution >= 4 is 52.4 Å². The summed E-state index contributed by atoms with van der Waals surface area (Å²) in [5, 5.41) is 5.09. The van der Waals surface area contributed by atoms with Gasteiger partial charge in [-0.3, -0.25) is 9.36 Å². The molecule has 0 spiro atoms. The molecule has 2 unspecified atom stereocenters. The Labute approximate surface area is 168 Å². The molecule has 2 N–H and O–H groups in total. The number of hydrogen-bond donors (Lipinski definition) is 2. The minimum Gasteiger partial charge on any atom is -0.344 e. The molecule has 3 rings (SSSR count). The van der Waals surface area contributed by atoms with Crippen molar-refractivity contribution in [2.24, 2.45) is 0 Å². The van der Waals surface area contributed by atoms with E-state index in [4.69, 9.17) is 11.6 Å². The van der Waals surface area contributed by atoms with E-state index in [9.17, 15) is 23.0 Å². The van der Waals surface area contributed by atoms with E-state index in [1.807, 2.05) is 0 Å². The Bertz CT molecular complexity index is 1130. The van der Waals surface area contributed by atoms with E-state index in [2.05, 4.69) is 5.32 Å². The van der Waals surface area contributed by atoms with Gasteiger partial charge in [0.1, 0.15) is 17.3 Å². The first-order valence-electron chi connectivity index (χ1n) is 8.05. The molecule has 0 saturated carbocycles. The van der Waals surface area contributed by atoms with Crippen LogP contribution in [0.3, 0.4) is 0 Å². The minimum atomic E-state index is -3.89. The van der Waals surface area contributed by atoms with Crippen LogP contribution in [-0.4, -0.2) is 17.5 Å². The number of benzene rings is 2. The van der Waals surface area contributed by atoms with Crippen molar-refractivity contribution in [3.63, 3.8) is 0 Å². The summed E-state index contributed by atoms with van der Waals surface area (Å²) in [5.41, 5.74) is -1.01. The van der Waals surface area contributed by atoms with Gasteiger partial charge < -0.3 is 10.2 Å². The third-order valence-electron chi connectivity index (χ3n) is 4.03. The van der Waals surface area contributed by atoms with E-state index in [-0.39, 0.29) is 5.56 Å². The van der Waals surface area contributed by atoms with Crippen molar-refractivity contribution in [3.8, 4) is 0 Å². The fourth-order valence-electron chi connectivity index (χ4n) is 2.78. The van der Waals surface area contributed by atoms with Crippen molar-refractivity contribution in [3.05, 3.63) is 75.8 Å². The SMILES string of the molecule is CP(=O)(O)C(C(=O)NC=Cc1cc(F)ccc1F)c1csc2ccc(Cl)cc12. The summed E-state index contributed by atoms with van der Waals surface area (Å²) in [5.74, 6) is -2.02. The molecule has 2 atom stereocenters. The molecule has 0 aliphatic rings. The maximum atomic E-state index is 13.7. The molecular formula is C19H15ClF2NO3PS. The Morgan fingerprint density at radius 1 is 1.29 bits per heavy atom. The summed E-state index contributed by atoms with van der Waals surface area (Å²) in [6, 6.07) is 8.02. The average molecular weight is 442 g/mol. The van der Waals surface area contributed by atoms with Gasteiger partial charge >= 0.3 is 0 Å². The maximum absolute atomic E-state index is 13.7. The number of thiophene rings is 1. The topological polar surface area (TPSA) is 66.4 Å². The highest BCUT2D eigenvalue weighted by molar-refractivity contribution is 7.58. The quantitative estimate of drug-likeness (QED) is 0.509. The van der Waals surface area contributed by atoms with Crippen molar-refractivity contribution < 1.29 is 23.0 Å². The molecule has 0 bridgehead atoms. The van der Waals surface area contributed by atoms with Crippen LogP contribution in [0.25, 0.3) is 16.2 Å². The number of carbonyl (C=O) groups excluding carboxylic acids is 1. The van der Waals surface area contributed by atoms with Crippen LogP contribution < -0.4 is 5.32 Å². The number of rotatable bonds is 5. The van der Waals surface area contributed by atoms with Crippen LogP contribution in [0.15, 0.2) is 48.0 Å². The smallest absolute Gasteiger partial charge is 0.241 e. The molecule has 1 heterocycles. The summed E-state index contributed by atoms with van der Waals surface area (Å²) in [6.45, 7) is 1.10. The Morgan fingerprint density at radius 2 is 2.04 bits per heavy atom. The predicted molar refractivity (Wildman–Crippen MR) is 109 cm³/mol. The normalized spacial score (nSPS) is 14.9. The largest absolute Gasteiger partial charge is 0.344 e. The lowest BCUT2D eigenvalue weighted by atomic mass is 10.1. The molecule has 28 heavy (non-hydrogen) atoms. The summed E-state index contributed by atoms with van der Waals surface area (Å²) in [7, 11) is -3.89. The van der Waals surface area contributed by atoms with Gasteiger partial charge in [0.2, 0.25) is 13.3 Å². The van der Waals surface area contributed by atoms with Crippen LogP contribution in [-0.2, 0) is 9.36 Å². The van der Waals surface area contributed by atoms with Crippen molar-refractivity contribution in [2.75, 3.05) is 6.66 Å². The van der Waals surface area contributed by atoms with Crippen LogP contribution in [0.1, 0.15) is 16.8 Å². The highest BCUT2D eigenvalue weighted by Crippen LogP contribution is 2.54. The number of fused-ring (bicyclic) bond motifs is 1. The average Bonchev–Trinajstić information content (AvgIpc) is 2.99. The van der Waals surface area contributed by atoms with Gasteiger partial charge in [-0.25, -0.2) is 8.78 Å². The Kier molecular flexibility index (Phi) is 6.01. The van der Waals surface area contributed by atoms with E-state index in [1.54, 1.807) is 23.6 Å². The standard InChI is InChI=1S/C19H15ClF2NO3PS/c1-27(25,26)18(15-10-28-17-5-2-12(20)9-14(15)17)19(24)23-7-6-11-8-13(21)3-4-16(11)22/h2-10,18H,1H3,(H,23,24)(H,25,26). The molecule has 0 radical (unpaired) electrons. The summed E-state index contributed by atoms with van der Waals surface area (Å²) >= 11 is 7.35. The van der Waals surface area contributed by atoms with Gasteiger partial charge in [-0.1, -0.05) is 11.6 Å². The zero-order chi connectivity index (χ0) is 20.5. The van der Waals surface area contributed by atoms with E-state index in [0.29, 0.717) is 16.0 Å². The zero-order valence-electron chi connectivity index (χ0n) is 14.5. The van der Waals surface area contributed by atoms with Gasteiger partial charge in [0, 0.05) is 28.2 Å². The molecule has 0 fully saturated rings. The molecule has 9 heteroatoms. The molecular weight excluding hydrogens is 427 g/mol. The van der Waals surface area contributed by atoms with Gasteiger partial charge in [0.15, 0.2) is 0 Å². The molecule has 1 amide bonds. The number of hydrogen-bond acceptors (Lipinski definition) is 3. The fourth-order valence-corrected chi connectivity index (χ4v) is 5.26. The Hall–Kier alpha value is -2.05. The zero-order valence-corrected chi connectivity index (χ0v) is 17.0. The third kappa shape index (κ3) is 4.50. The van der Waals surface area contributed by atoms with Gasteiger partial charge in [0.05, 0.1) is 0 Å². The first-order valence-corrected chi connectivity index (χ1v) is 11.5. The summed E-state index contributed by atoms with van der Waals surface area (Å²) in [4.78, 5) is 22.8. The van der Waals surface area contributed by atoms with E-state index >= 15 is 0 Å². The molecule has 0 saturated heterocycles. The number of amides is 1. The van der Waals surface area contributed by atoms with Crippen LogP contribution in [0.4, 0.5) is 8.78 Å². The van der Waals surface area contributed by atoms with E-state index in [1.165, 1.54) is 17.4 Å². The van der Waals surface area contributed by atoms with Crippen molar-refractivity contribution in [1.29, 1.82) is 0 Å². The molecule has 0 aliphatic carbocycles. The lowest BCUT2D eigenvalue weighted by Crippen LogP contribution is -2.25. The monoisotopic (exact) mass is 441 g/mol. The van der Waals surface area contributed by atoms with Crippen LogP contribution in [0.2, 0.25) is 5.02 Å². The third-order valence-corrected chi connectivity index (χ3v) is 6.72. The molecule has 146 valence electrons. The fraction of sp³-hybridized carbons (Fsp3) is 0.105. The molecule has 4 nitrogen and oxygen atoms in total. The highest BCUT2D eigenvalue weighted by Gasteiger charge is 2.36. The molecule has 0 aliphatic heterocycles. The van der Waals surface area contributed by atoms with Gasteiger partial charge in [-0.15, -0.1) is 11.3 Å². The maximum Gasteiger partial charge on any atom is 0.241 e. The molecule has 3 aromatic rings. The first-order chi connectivity index (χ1) is 13.2. The lowest BCUT2D eigenvalue weighted by molar-refractivity contribution is -0.120. The van der Waals surface area contributed by atoms with Crippen LogP contribution in [0, 0.1) is 11.6 Å². The highest BCUT2D eigenvalue weighted by atomic mass is 35.5. The number of nitrogens with one attached hydrogen (secondary N) is 1. The Balaban J connectivity index is 1.91. The van der Waals surface area contributed by atoms with Gasteiger partial charge in [-0.05, 0) is 58.8 Å². The second kappa shape index (κ2) is 8.13. The number of halogens is 3. The second-order valence-corrected chi connectivity index (χ2v) is 9.94. The Morgan fingerprint density at radius 3 is 2.75 bits per heavy atom. The lowest BCUT2D eigenvalue weighted by Gasteiger charge is -2.18. The van der Waals surface area contributed by atoms with Crippen LogP contribution >= 0.6 is 30.3 Å². The molecule has 1 aromatic heterocycles. The minimum absolute atomic E-state index is 0.0618. The first kappa shape index (κ1) is 20.7. The summed E-state index contributed by atoms with van der Waals surface area (Å²) in [6.07, 6.45) is 2.29. The molecule has 2 aromatic carbocycles. The van der Waals surface area contributed by atoms with Crippen LogP contribution in [0.5, 0.6) is 0 Å². The second-order valence-electron chi connectivity index (χ2n) is 6.19. The van der Waals surface area contributed by atoms with E-state index in [0.717, 1.165) is 35.8 Å². The van der Waals surface area contributed by atoms with E-state index < -0.39 is 30.6 Å². The number of carbonyl (C=O) groups is 1. The van der Waals surface area contributed by atoms with Crippen molar-refractivity contribution in [1.82, 2.24) is 5.32 Å². The predicted octanol–water partition coefficient (Wildman–Crippen LogP) is 5.56. The summed E-state index contributed by atoms with van der Waals surface area (Å²) < 4.78 is 40.1.